The van der Waals surface area contributed by atoms with Crippen molar-refractivity contribution in [2.45, 2.75) is 68.1 Å². The third-order valence-electron chi connectivity index (χ3n) is 4.54. The van der Waals surface area contributed by atoms with E-state index in [2.05, 4.69) is 29.5 Å². The maximum atomic E-state index is 2.59. The van der Waals surface area contributed by atoms with Gasteiger partial charge in [-0.25, -0.2) is 0 Å². The molecule has 1 unspecified atom stereocenters. The minimum atomic E-state index is -1.67. The van der Waals surface area contributed by atoms with E-state index < -0.39 is 16.6 Å². The molecule has 96 valence electrons. The fraction of sp³-hybridized carbons (Fsp3) is 0.750. The molecule has 0 saturated heterocycles. The Morgan fingerprint density at radius 2 is 1.71 bits per heavy atom. The Morgan fingerprint density at radius 1 is 1.06 bits per heavy atom. The second kappa shape index (κ2) is 5.06. The summed E-state index contributed by atoms with van der Waals surface area (Å²) in [6.45, 7) is 4.77. The molecule has 0 N–H and O–H groups in total. The molecule has 2 rings (SSSR count). The van der Waals surface area contributed by atoms with Crippen LogP contribution in [0.15, 0.2) is 20.6 Å². The Morgan fingerprint density at radius 3 is 2.24 bits per heavy atom. The molecule has 0 saturated carbocycles. The van der Waals surface area contributed by atoms with Gasteiger partial charge >= 0.3 is 111 Å². The van der Waals surface area contributed by atoms with Gasteiger partial charge in [-0.05, 0) is 0 Å². The fourth-order valence-electron chi connectivity index (χ4n) is 4.03. The van der Waals surface area contributed by atoms with Crippen molar-refractivity contribution in [2.75, 3.05) is 0 Å². The van der Waals surface area contributed by atoms with E-state index in [1.165, 1.54) is 38.5 Å². The zero-order valence-corrected chi connectivity index (χ0v) is 13.9. The first-order valence-electron chi connectivity index (χ1n) is 7.46. The van der Waals surface area contributed by atoms with Crippen molar-refractivity contribution >= 4 is 0 Å². The van der Waals surface area contributed by atoms with E-state index in [0.29, 0.717) is 0 Å². The summed E-state index contributed by atoms with van der Waals surface area (Å²) in [5.41, 5.74) is 5.51. The predicted molar refractivity (Wildman–Crippen MR) is 74.2 cm³/mol. The van der Waals surface area contributed by atoms with Crippen LogP contribution in [0, 0.1) is 5.92 Å². The summed E-state index contributed by atoms with van der Waals surface area (Å²) < 4.78 is 1.96. The topological polar surface area (TPSA) is 0 Å². The summed E-state index contributed by atoms with van der Waals surface area (Å²) in [5.74, 6) is 0.861. The Kier molecular flexibility index (Phi) is 4.05. The number of rotatable bonds is 3. The van der Waals surface area contributed by atoms with Gasteiger partial charge in [-0.1, -0.05) is 0 Å². The standard InChI is InChI=1S/C13H19.3CH3.Ti/c1-3-10-9-11(4-2)13-8-6-5-7-12(10)13;;;;/h10H,3-8H2,1-2H3;3*1H3;. The van der Waals surface area contributed by atoms with Gasteiger partial charge in [-0.3, -0.25) is 0 Å². The molecule has 17 heavy (non-hydrogen) atoms. The predicted octanol–water partition coefficient (Wildman–Crippen LogP) is 5.86. The van der Waals surface area contributed by atoms with E-state index in [9.17, 15) is 0 Å². The van der Waals surface area contributed by atoms with Crippen molar-refractivity contribution in [1.29, 1.82) is 0 Å². The van der Waals surface area contributed by atoms with Crippen LogP contribution in [-0.2, 0) is 16.6 Å². The van der Waals surface area contributed by atoms with Crippen molar-refractivity contribution in [1.82, 2.24) is 0 Å². The molecule has 0 aromatic heterocycles. The molecule has 0 radical (unpaired) electrons. The van der Waals surface area contributed by atoms with Crippen molar-refractivity contribution < 1.29 is 16.6 Å². The van der Waals surface area contributed by atoms with Crippen LogP contribution in [0.4, 0.5) is 0 Å². The Labute approximate surface area is 111 Å². The van der Waals surface area contributed by atoms with Crippen LogP contribution in [0.1, 0.15) is 52.4 Å². The van der Waals surface area contributed by atoms with Crippen LogP contribution in [0.5, 0.6) is 0 Å². The summed E-state index contributed by atoms with van der Waals surface area (Å²) >= 11 is -1.67. The van der Waals surface area contributed by atoms with Gasteiger partial charge in [-0.2, -0.15) is 0 Å². The molecule has 2 aliphatic rings. The maximum absolute atomic E-state index is 2.59. The molecular formula is C16H28Ti. The SMILES string of the molecule is CCC1=[C]([Ti]([CH3])([CH3])[CH3])C(CC)C2=C1CCCC2. The van der Waals surface area contributed by atoms with Gasteiger partial charge in [-0.15, -0.1) is 0 Å². The van der Waals surface area contributed by atoms with Crippen molar-refractivity contribution in [3.63, 3.8) is 0 Å². The first-order valence-corrected chi connectivity index (χ1v) is 12.9. The molecule has 0 aromatic rings. The first kappa shape index (κ1) is 13.6. The van der Waals surface area contributed by atoms with Gasteiger partial charge in [0.2, 0.25) is 0 Å². The summed E-state index contributed by atoms with van der Waals surface area (Å²) in [6, 6.07) is 0. The zero-order chi connectivity index (χ0) is 12.6. The third kappa shape index (κ3) is 2.36. The average Bonchev–Trinajstić information content (AvgIpc) is 2.62. The van der Waals surface area contributed by atoms with Crippen LogP contribution < -0.4 is 0 Å². The number of allylic oxidation sites excluding steroid dienone is 4. The first-order chi connectivity index (χ1) is 8.00. The summed E-state index contributed by atoms with van der Waals surface area (Å²) in [4.78, 5) is 0. The number of hydrogen-bond donors (Lipinski definition) is 0. The van der Waals surface area contributed by atoms with Crippen LogP contribution in [0.25, 0.3) is 0 Å². The minimum absolute atomic E-state index is 0.861. The molecule has 0 aliphatic heterocycles. The van der Waals surface area contributed by atoms with E-state index in [-0.39, 0.29) is 0 Å². The number of hydrogen-bond acceptors (Lipinski definition) is 0. The van der Waals surface area contributed by atoms with E-state index in [4.69, 9.17) is 0 Å². The Bertz CT molecular complexity index is 365. The quantitative estimate of drug-likeness (QED) is 0.562. The summed E-state index contributed by atoms with van der Waals surface area (Å²) in [5, 5.41) is 7.77. The van der Waals surface area contributed by atoms with Crippen LogP contribution in [0.3, 0.4) is 0 Å². The van der Waals surface area contributed by atoms with Crippen LogP contribution in [0.2, 0.25) is 15.7 Å². The zero-order valence-electron chi connectivity index (χ0n) is 12.3. The second-order valence-electron chi connectivity index (χ2n) is 6.67. The molecule has 0 heterocycles. The average molecular weight is 268 g/mol. The molecule has 2 aliphatic carbocycles. The third-order valence-corrected chi connectivity index (χ3v) is 8.08. The van der Waals surface area contributed by atoms with Crippen molar-refractivity contribution in [3.8, 4) is 0 Å². The van der Waals surface area contributed by atoms with Gasteiger partial charge in [0.25, 0.3) is 0 Å². The van der Waals surface area contributed by atoms with Gasteiger partial charge in [0.05, 0.1) is 0 Å². The molecule has 0 amide bonds. The van der Waals surface area contributed by atoms with Crippen LogP contribution >= 0.6 is 0 Å². The van der Waals surface area contributed by atoms with Crippen LogP contribution in [-0.4, -0.2) is 0 Å². The van der Waals surface area contributed by atoms with E-state index >= 15 is 0 Å². The molecular weight excluding hydrogens is 240 g/mol. The van der Waals surface area contributed by atoms with Gasteiger partial charge < -0.3 is 0 Å². The summed E-state index contributed by atoms with van der Waals surface area (Å²) in [6.07, 6.45) is 8.29. The normalized spacial score (nSPS) is 25.6. The van der Waals surface area contributed by atoms with Gasteiger partial charge in [0.15, 0.2) is 0 Å². The summed E-state index contributed by atoms with van der Waals surface area (Å²) in [7, 11) is 0. The van der Waals surface area contributed by atoms with Crippen molar-refractivity contribution in [2.24, 2.45) is 5.92 Å². The van der Waals surface area contributed by atoms with Gasteiger partial charge in [0.1, 0.15) is 0 Å². The molecule has 0 nitrogen and oxygen atoms in total. The van der Waals surface area contributed by atoms with E-state index in [1.54, 1.807) is 0 Å². The Balaban J connectivity index is 2.49. The molecule has 1 heteroatoms. The molecule has 0 bridgehead atoms. The van der Waals surface area contributed by atoms with Crippen molar-refractivity contribution in [3.05, 3.63) is 20.6 Å². The van der Waals surface area contributed by atoms with Gasteiger partial charge in [0, 0.05) is 0 Å². The monoisotopic (exact) mass is 268 g/mol. The molecule has 0 spiro atoms. The molecule has 0 aromatic carbocycles. The van der Waals surface area contributed by atoms with E-state index in [0.717, 1.165) is 5.92 Å². The molecule has 1 atom stereocenters. The molecule has 0 fully saturated rings. The van der Waals surface area contributed by atoms with E-state index in [1.807, 2.05) is 20.6 Å². The second-order valence-corrected chi connectivity index (χ2v) is 14.5. The fourth-order valence-corrected chi connectivity index (χ4v) is 8.18. The Hall–Kier alpha value is 0.194.